The molecule has 1 heterocycles. The SMILES string of the molecule is CC[C@H](Sc1nc(N)cc(=O)[nH]1)C(=O)Nc1ccc(S(N)(=O)=O)cc1. The summed E-state index contributed by atoms with van der Waals surface area (Å²) in [5.74, 6) is -0.249. The van der Waals surface area contributed by atoms with E-state index in [1.54, 1.807) is 0 Å². The minimum Gasteiger partial charge on any atom is -0.383 e. The highest BCUT2D eigenvalue weighted by atomic mass is 32.2. The van der Waals surface area contributed by atoms with Crippen molar-refractivity contribution < 1.29 is 13.2 Å². The van der Waals surface area contributed by atoms with E-state index in [0.717, 1.165) is 17.8 Å². The molecule has 0 aliphatic carbocycles. The number of rotatable bonds is 6. The summed E-state index contributed by atoms with van der Waals surface area (Å²) in [6.45, 7) is 1.81. The first-order valence-electron chi connectivity index (χ1n) is 7.16. The minimum atomic E-state index is -3.79. The van der Waals surface area contributed by atoms with E-state index in [1.165, 1.54) is 24.3 Å². The van der Waals surface area contributed by atoms with E-state index < -0.39 is 20.8 Å². The largest absolute Gasteiger partial charge is 0.383 e. The van der Waals surface area contributed by atoms with Crippen LogP contribution in [0.5, 0.6) is 0 Å². The van der Waals surface area contributed by atoms with Gasteiger partial charge in [0.1, 0.15) is 5.82 Å². The molecule has 0 bridgehead atoms. The van der Waals surface area contributed by atoms with Crippen molar-refractivity contribution in [2.45, 2.75) is 28.6 Å². The molecule has 0 saturated carbocycles. The monoisotopic (exact) mass is 383 g/mol. The van der Waals surface area contributed by atoms with Crippen LogP contribution in [0.25, 0.3) is 0 Å². The van der Waals surface area contributed by atoms with Gasteiger partial charge in [-0.25, -0.2) is 18.5 Å². The zero-order valence-electron chi connectivity index (χ0n) is 13.2. The molecule has 0 radical (unpaired) electrons. The molecular formula is C14H17N5O4S2. The van der Waals surface area contributed by atoms with Crippen molar-refractivity contribution in [1.82, 2.24) is 9.97 Å². The molecule has 1 aromatic heterocycles. The number of nitrogens with zero attached hydrogens (tertiary/aromatic N) is 1. The van der Waals surface area contributed by atoms with Gasteiger partial charge in [0.05, 0.1) is 10.1 Å². The highest BCUT2D eigenvalue weighted by Gasteiger charge is 2.20. The minimum absolute atomic E-state index is 0.0477. The van der Waals surface area contributed by atoms with Gasteiger partial charge in [-0.2, -0.15) is 0 Å². The number of primary sulfonamides is 1. The van der Waals surface area contributed by atoms with Gasteiger partial charge in [0.2, 0.25) is 15.9 Å². The molecule has 0 spiro atoms. The lowest BCUT2D eigenvalue weighted by molar-refractivity contribution is -0.115. The summed E-state index contributed by atoms with van der Waals surface area (Å²) in [7, 11) is -3.79. The molecule has 0 saturated heterocycles. The number of aromatic nitrogens is 2. The third kappa shape index (κ3) is 5.31. The fourth-order valence-corrected chi connectivity index (χ4v) is 3.35. The summed E-state index contributed by atoms with van der Waals surface area (Å²) in [6, 6.07) is 6.63. The van der Waals surface area contributed by atoms with Gasteiger partial charge in [-0.1, -0.05) is 18.7 Å². The van der Waals surface area contributed by atoms with Gasteiger partial charge in [0.25, 0.3) is 5.56 Å². The molecule has 0 unspecified atom stereocenters. The number of benzene rings is 1. The lowest BCUT2D eigenvalue weighted by Crippen LogP contribution is -2.25. The van der Waals surface area contributed by atoms with Gasteiger partial charge < -0.3 is 16.0 Å². The standard InChI is InChI=1S/C14H17N5O4S2/c1-2-10(24-14-18-11(15)7-12(20)19-14)13(21)17-8-3-5-9(6-4-8)25(16,22)23/h3-7,10H,2H2,1H3,(H,17,21)(H2,16,22,23)(H3,15,18,19,20)/t10-/m0/s1. The third-order valence-corrected chi connectivity index (χ3v) is 5.29. The maximum Gasteiger partial charge on any atom is 0.253 e. The van der Waals surface area contributed by atoms with Crippen molar-refractivity contribution in [3.05, 3.63) is 40.7 Å². The number of aromatic amines is 1. The summed E-state index contributed by atoms with van der Waals surface area (Å²) in [6.07, 6.45) is 0.476. The first kappa shape index (κ1) is 19.0. The van der Waals surface area contributed by atoms with Crippen LogP contribution in [0.15, 0.2) is 45.2 Å². The molecule has 2 aromatic rings. The number of carbonyl (C=O) groups excluding carboxylic acids is 1. The molecule has 0 aliphatic heterocycles. The van der Waals surface area contributed by atoms with E-state index >= 15 is 0 Å². The van der Waals surface area contributed by atoms with E-state index in [0.29, 0.717) is 12.1 Å². The van der Waals surface area contributed by atoms with Crippen LogP contribution in [0, 0.1) is 0 Å². The van der Waals surface area contributed by atoms with Gasteiger partial charge in [-0.05, 0) is 30.7 Å². The highest BCUT2D eigenvalue weighted by molar-refractivity contribution is 8.00. The first-order valence-corrected chi connectivity index (χ1v) is 9.59. The van der Waals surface area contributed by atoms with Crippen molar-refractivity contribution in [2.75, 3.05) is 11.1 Å². The number of amides is 1. The summed E-state index contributed by atoms with van der Waals surface area (Å²) >= 11 is 1.08. The molecular weight excluding hydrogens is 366 g/mol. The third-order valence-electron chi connectivity index (χ3n) is 3.11. The van der Waals surface area contributed by atoms with E-state index in [2.05, 4.69) is 15.3 Å². The second kappa shape index (κ2) is 7.68. The second-order valence-electron chi connectivity index (χ2n) is 5.05. The van der Waals surface area contributed by atoms with Crippen molar-refractivity contribution in [2.24, 2.45) is 5.14 Å². The number of sulfonamides is 1. The molecule has 6 N–H and O–H groups in total. The van der Waals surface area contributed by atoms with Crippen LogP contribution in [0.2, 0.25) is 0 Å². The molecule has 1 aromatic carbocycles. The molecule has 1 atom stereocenters. The Morgan fingerprint density at radius 1 is 1.36 bits per heavy atom. The van der Waals surface area contributed by atoms with Gasteiger partial charge >= 0.3 is 0 Å². The van der Waals surface area contributed by atoms with Crippen LogP contribution in [0.4, 0.5) is 11.5 Å². The fourth-order valence-electron chi connectivity index (χ4n) is 1.92. The van der Waals surface area contributed by atoms with Crippen molar-refractivity contribution in [3.63, 3.8) is 0 Å². The van der Waals surface area contributed by atoms with Gasteiger partial charge in [-0.15, -0.1) is 0 Å². The Bertz CT molecular complexity index is 925. The second-order valence-corrected chi connectivity index (χ2v) is 7.80. The molecule has 2 rings (SSSR count). The smallest absolute Gasteiger partial charge is 0.253 e. The topological polar surface area (TPSA) is 161 Å². The maximum atomic E-state index is 12.4. The van der Waals surface area contributed by atoms with Crippen LogP contribution >= 0.6 is 11.8 Å². The predicted molar refractivity (Wildman–Crippen MR) is 95.7 cm³/mol. The van der Waals surface area contributed by atoms with Crippen molar-refractivity contribution in [1.29, 1.82) is 0 Å². The van der Waals surface area contributed by atoms with E-state index in [4.69, 9.17) is 10.9 Å². The number of carbonyl (C=O) groups is 1. The summed E-state index contributed by atoms with van der Waals surface area (Å²) in [5, 5.41) is 7.42. The number of thioether (sulfide) groups is 1. The van der Waals surface area contributed by atoms with Crippen LogP contribution in [0.1, 0.15) is 13.3 Å². The van der Waals surface area contributed by atoms with Crippen molar-refractivity contribution in [3.8, 4) is 0 Å². The van der Waals surface area contributed by atoms with Crippen LogP contribution < -0.4 is 21.7 Å². The Kier molecular flexibility index (Phi) is 5.82. The lowest BCUT2D eigenvalue weighted by atomic mass is 10.3. The number of H-pyrrole nitrogens is 1. The molecule has 11 heteroatoms. The number of nitrogens with two attached hydrogens (primary N) is 2. The number of hydrogen-bond acceptors (Lipinski definition) is 7. The van der Waals surface area contributed by atoms with Crippen molar-refractivity contribution >= 4 is 39.2 Å². The normalized spacial score (nSPS) is 12.6. The van der Waals surface area contributed by atoms with Crippen LogP contribution in [0.3, 0.4) is 0 Å². The van der Waals surface area contributed by atoms with Gasteiger partial charge in [0, 0.05) is 11.8 Å². The Morgan fingerprint density at radius 3 is 2.52 bits per heavy atom. The van der Waals surface area contributed by atoms with Crippen LogP contribution in [-0.2, 0) is 14.8 Å². The van der Waals surface area contributed by atoms with E-state index in [1.807, 2.05) is 6.92 Å². The summed E-state index contributed by atoms with van der Waals surface area (Å²) in [5.41, 5.74) is 5.54. The molecule has 25 heavy (non-hydrogen) atoms. The first-order chi connectivity index (χ1) is 11.7. The molecule has 0 aliphatic rings. The number of nitrogens with one attached hydrogen (secondary N) is 2. The Labute approximate surface area is 148 Å². The average molecular weight is 383 g/mol. The predicted octanol–water partition coefficient (Wildman–Crippen LogP) is 0.509. The highest BCUT2D eigenvalue weighted by Crippen LogP contribution is 2.23. The number of nitrogen functional groups attached to an aromatic ring is 1. The Balaban J connectivity index is 2.10. The van der Waals surface area contributed by atoms with Crippen LogP contribution in [-0.4, -0.2) is 29.5 Å². The van der Waals surface area contributed by atoms with E-state index in [-0.39, 0.29) is 21.8 Å². The zero-order chi connectivity index (χ0) is 18.6. The number of hydrogen-bond donors (Lipinski definition) is 4. The Morgan fingerprint density at radius 2 is 2.00 bits per heavy atom. The summed E-state index contributed by atoms with van der Waals surface area (Å²) in [4.78, 5) is 30.2. The fraction of sp³-hybridized carbons (Fsp3) is 0.214. The van der Waals surface area contributed by atoms with Gasteiger partial charge in [0.15, 0.2) is 5.16 Å². The number of anilines is 2. The maximum absolute atomic E-state index is 12.4. The molecule has 9 nitrogen and oxygen atoms in total. The quantitative estimate of drug-likeness (QED) is 0.417. The summed E-state index contributed by atoms with van der Waals surface area (Å²) < 4.78 is 22.4. The van der Waals surface area contributed by atoms with E-state index in [9.17, 15) is 18.0 Å². The Hall–Kier alpha value is -2.37. The zero-order valence-corrected chi connectivity index (χ0v) is 14.9. The average Bonchev–Trinajstić information content (AvgIpc) is 2.51. The molecule has 1 amide bonds. The van der Waals surface area contributed by atoms with Gasteiger partial charge in [-0.3, -0.25) is 9.59 Å². The lowest BCUT2D eigenvalue weighted by Gasteiger charge is -2.14. The molecule has 0 fully saturated rings. The molecule has 134 valence electrons.